The van der Waals surface area contributed by atoms with Crippen LogP contribution in [0.3, 0.4) is 0 Å². The van der Waals surface area contributed by atoms with Gasteiger partial charge in [-0.3, -0.25) is 4.79 Å². The Morgan fingerprint density at radius 2 is 1.84 bits per heavy atom. The number of fused-ring (bicyclic) bond motifs is 1. The van der Waals surface area contributed by atoms with Crippen LogP contribution in [0.1, 0.15) is 24.2 Å². The maximum absolute atomic E-state index is 12.4. The topological polar surface area (TPSA) is 68.5 Å². The van der Waals surface area contributed by atoms with Crippen molar-refractivity contribution in [2.75, 3.05) is 11.9 Å². The fourth-order valence-electron chi connectivity index (χ4n) is 2.32. The minimum atomic E-state index is -0.659. The molecule has 0 aliphatic heterocycles. The molecule has 0 spiro atoms. The van der Waals surface area contributed by atoms with Crippen LogP contribution in [0.2, 0.25) is 0 Å². The van der Waals surface area contributed by atoms with Crippen LogP contribution in [0.5, 0.6) is 5.75 Å². The van der Waals surface area contributed by atoms with Crippen LogP contribution in [0, 0.1) is 5.92 Å². The highest BCUT2D eigenvalue weighted by atomic mass is 16.5. The van der Waals surface area contributed by atoms with E-state index in [2.05, 4.69) is 19.2 Å². The van der Waals surface area contributed by atoms with E-state index >= 15 is 0 Å². The summed E-state index contributed by atoms with van der Waals surface area (Å²) in [6.07, 6.45) is 0. The van der Waals surface area contributed by atoms with Crippen LogP contribution < -0.4 is 15.7 Å². The fraction of sp³-hybridized carbons (Fsp3) is 0.200. The summed E-state index contributed by atoms with van der Waals surface area (Å²) in [4.78, 5) is 24.4. The predicted octanol–water partition coefficient (Wildman–Crippen LogP) is 4.08. The highest BCUT2D eigenvalue weighted by Gasteiger charge is 2.14. The van der Waals surface area contributed by atoms with Gasteiger partial charge >= 0.3 is 5.63 Å². The molecule has 0 aliphatic rings. The average Bonchev–Trinajstić information content (AvgIpc) is 2.60. The largest absolute Gasteiger partial charge is 0.493 e. The van der Waals surface area contributed by atoms with Crippen molar-refractivity contribution in [3.8, 4) is 5.75 Å². The molecule has 0 atom stereocenters. The van der Waals surface area contributed by atoms with Crippen molar-refractivity contribution in [2.45, 2.75) is 13.8 Å². The Morgan fingerprint density at radius 3 is 2.56 bits per heavy atom. The number of hydrogen-bond acceptors (Lipinski definition) is 4. The molecular formula is C20H19NO4. The molecule has 1 aromatic heterocycles. The van der Waals surface area contributed by atoms with E-state index in [4.69, 9.17) is 9.15 Å². The maximum Gasteiger partial charge on any atom is 0.349 e. The van der Waals surface area contributed by atoms with Gasteiger partial charge in [-0.15, -0.1) is 0 Å². The van der Waals surface area contributed by atoms with Crippen molar-refractivity contribution in [1.29, 1.82) is 0 Å². The van der Waals surface area contributed by atoms with Crippen molar-refractivity contribution < 1.29 is 13.9 Å². The van der Waals surface area contributed by atoms with E-state index in [9.17, 15) is 9.59 Å². The van der Waals surface area contributed by atoms with Gasteiger partial charge in [-0.05, 0) is 42.3 Å². The molecule has 0 saturated heterocycles. The van der Waals surface area contributed by atoms with Crippen molar-refractivity contribution in [2.24, 2.45) is 5.92 Å². The van der Waals surface area contributed by atoms with Crippen LogP contribution in [0.4, 0.5) is 5.69 Å². The Morgan fingerprint density at radius 1 is 1.12 bits per heavy atom. The number of benzene rings is 2. The summed E-state index contributed by atoms with van der Waals surface area (Å²) in [7, 11) is 0. The number of carbonyl (C=O) groups is 1. The summed E-state index contributed by atoms with van der Waals surface area (Å²) in [5.74, 6) is 0.666. The molecule has 1 amide bonds. The highest BCUT2D eigenvalue weighted by Crippen LogP contribution is 2.18. The molecule has 0 unspecified atom stereocenters. The normalized spacial score (nSPS) is 10.8. The molecule has 3 rings (SSSR count). The Bertz CT molecular complexity index is 942. The molecular weight excluding hydrogens is 318 g/mol. The second-order valence-corrected chi connectivity index (χ2v) is 6.17. The Balaban J connectivity index is 1.76. The van der Waals surface area contributed by atoms with E-state index in [1.165, 1.54) is 6.07 Å². The Hall–Kier alpha value is -3.08. The standard InChI is InChI=1S/C20H19NO4/c1-13(2)12-24-16-9-7-15(8-10-16)21-19(22)17-11-14-5-3-4-6-18(14)25-20(17)23/h3-11,13H,12H2,1-2H3,(H,21,22). The molecule has 1 N–H and O–H groups in total. The van der Waals surface area contributed by atoms with Gasteiger partial charge in [-0.2, -0.15) is 0 Å². The van der Waals surface area contributed by atoms with Crippen LogP contribution >= 0.6 is 0 Å². The smallest absolute Gasteiger partial charge is 0.349 e. The van der Waals surface area contributed by atoms with E-state index < -0.39 is 11.5 Å². The van der Waals surface area contributed by atoms with Gasteiger partial charge in [0, 0.05) is 11.1 Å². The summed E-state index contributed by atoms with van der Waals surface area (Å²) in [5, 5.41) is 3.40. The van der Waals surface area contributed by atoms with E-state index in [-0.39, 0.29) is 5.56 Å². The number of nitrogens with one attached hydrogen (secondary N) is 1. The van der Waals surface area contributed by atoms with Gasteiger partial charge in [0.15, 0.2) is 0 Å². The third kappa shape index (κ3) is 4.07. The van der Waals surface area contributed by atoms with Gasteiger partial charge < -0.3 is 14.5 Å². The first-order chi connectivity index (χ1) is 12.0. The van der Waals surface area contributed by atoms with Gasteiger partial charge in [0.2, 0.25) is 0 Å². The lowest BCUT2D eigenvalue weighted by molar-refractivity contribution is 0.102. The molecule has 0 fully saturated rings. The molecule has 1 heterocycles. The van der Waals surface area contributed by atoms with Crippen LogP contribution in [0.25, 0.3) is 11.0 Å². The molecule has 3 aromatic rings. The van der Waals surface area contributed by atoms with Crippen LogP contribution in [-0.2, 0) is 0 Å². The minimum absolute atomic E-state index is 0.0289. The summed E-state index contributed by atoms with van der Waals surface area (Å²) >= 11 is 0. The molecule has 5 nitrogen and oxygen atoms in total. The lowest BCUT2D eigenvalue weighted by atomic mass is 10.1. The van der Waals surface area contributed by atoms with E-state index in [1.54, 1.807) is 42.5 Å². The molecule has 0 radical (unpaired) electrons. The second kappa shape index (κ2) is 7.21. The van der Waals surface area contributed by atoms with Crippen molar-refractivity contribution in [1.82, 2.24) is 0 Å². The summed E-state index contributed by atoms with van der Waals surface area (Å²) in [6, 6.07) is 15.6. The third-order valence-electron chi connectivity index (χ3n) is 3.58. The van der Waals surface area contributed by atoms with Gasteiger partial charge in [0.1, 0.15) is 16.9 Å². The molecule has 0 aliphatic carbocycles. The zero-order valence-corrected chi connectivity index (χ0v) is 14.1. The number of carbonyl (C=O) groups excluding carboxylic acids is 1. The molecule has 5 heteroatoms. The van der Waals surface area contributed by atoms with Crippen molar-refractivity contribution >= 4 is 22.6 Å². The zero-order valence-electron chi connectivity index (χ0n) is 14.1. The average molecular weight is 337 g/mol. The van der Waals surface area contributed by atoms with Crippen molar-refractivity contribution in [3.63, 3.8) is 0 Å². The molecule has 2 aromatic carbocycles. The van der Waals surface area contributed by atoms with Gasteiger partial charge in [-0.25, -0.2) is 4.79 Å². The summed E-state index contributed by atoms with van der Waals surface area (Å²) in [6.45, 7) is 4.78. The number of ether oxygens (including phenoxy) is 1. The SMILES string of the molecule is CC(C)COc1ccc(NC(=O)c2cc3ccccc3oc2=O)cc1. The van der Waals surface area contributed by atoms with Gasteiger partial charge in [0.25, 0.3) is 5.91 Å². The molecule has 128 valence electrons. The lowest BCUT2D eigenvalue weighted by Gasteiger charge is -2.10. The quantitative estimate of drug-likeness (QED) is 0.712. The highest BCUT2D eigenvalue weighted by molar-refractivity contribution is 6.05. The number of para-hydroxylation sites is 1. The Kier molecular flexibility index (Phi) is 4.84. The predicted molar refractivity (Wildman–Crippen MR) is 97.2 cm³/mol. The zero-order chi connectivity index (χ0) is 17.8. The molecule has 25 heavy (non-hydrogen) atoms. The second-order valence-electron chi connectivity index (χ2n) is 6.17. The molecule has 0 saturated carbocycles. The first-order valence-electron chi connectivity index (χ1n) is 8.10. The number of rotatable bonds is 5. The number of anilines is 1. The van der Waals surface area contributed by atoms with Gasteiger partial charge in [-0.1, -0.05) is 32.0 Å². The summed E-state index contributed by atoms with van der Waals surface area (Å²) < 4.78 is 10.8. The van der Waals surface area contributed by atoms with E-state index in [0.29, 0.717) is 29.2 Å². The van der Waals surface area contributed by atoms with E-state index in [0.717, 1.165) is 5.75 Å². The monoisotopic (exact) mass is 337 g/mol. The third-order valence-corrected chi connectivity index (χ3v) is 3.58. The lowest BCUT2D eigenvalue weighted by Crippen LogP contribution is -2.20. The van der Waals surface area contributed by atoms with Crippen LogP contribution in [0.15, 0.2) is 63.8 Å². The maximum atomic E-state index is 12.4. The van der Waals surface area contributed by atoms with E-state index in [1.807, 2.05) is 6.07 Å². The van der Waals surface area contributed by atoms with Crippen molar-refractivity contribution in [3.05, 3.63) is 70.6 Å². The van der Waals surface area contributed by atoms with Crippen LogP contribution in [-0.4, -0.2) is 12.5 Å². The minimum Gasteiger partial charge on any atom is -0.493 e. The van der Waals surface area contributed by atoms with Gasteiger partial charge in [0.05, 0.1) is 6.61 Å². The molecule has 0 bridgehead atoms. The number of hydrogen-bond donors (Lipinski definition) is 1. The summed E-state index contributed by atoms with van der Waals surface area (Å²) in [5.41, 5.74) is 0.345. The number of amides is 1. The fourth-order valence-corrected chi connectivity index (χ4v) is 2.32. The first-order valence-corrected chi connectivity index (χ1v) is 8.10. The first kappa shape index (κ1) is 16.8. The Labute approximate surface area is 145 Å².